The number of nitrogens with two attached hydrogens (primary N) is 1. The van der Waals surface area contributed by atoms with Crippen LogP contribution in [0.15, 0.2) is 15.8 Å². The van der Waals surface area contributed by atoms with Gasteiger partial charge in [0, 0.05) is 32.1 Å². The van der Waals surface area contributed by atoms with E-state index in [4.69, 9.17) is 10.8 Å². The van der Waals surface area contributed by atoms with Crippen LogP contribution >= 0.6 is 0 Å². The van der Waals surface area contributed by atoms with Crippen molar-refractivity contribution in [2.24, 2.45) is 5.73 Å². The number of nitrogens with one attached hydrogen (secondary N) is 1. The van der Waals surface area contributed by atoms with E-state index >= 15 is 0 Å². The molecule has 126 valence electrons. The van der Waals surface area contributed by atoms with Crippen molar-refractivity contribution in [1.29, 1.82) is 0 Å². The molecule has 0 spiro atoms. The van der Waals surface area contributed by atoms with Gasteiger partial charge in [-0.2, -0.15) is 0 Å². The molecule has 0 atom stereocenters. The average Bonchev–Trinajstić information content (AvgIpc) is 2.50. The molecule has 0 unspecified atom stereocenters. The summed E-state index contributed by atoms with van der Waals surface area (Å²) in [6.07, 6.45) is 1.04. The summed E-state index contributed by atoms with van der Waals surface area (Å²) in [5.41, 5.74) is 1.67. The van der Waals surface area contributed by atoms with Gasteiger partial charge < -0.3 is 20.8 Å². The minimum absolute atomic E-state index is 0.0255. The second kappa shape index (κ2) is 6.34. The molecule has 2 rings (SSSR count). The van der Waals surface area contributed by atoms with Gasteiger partial charge in [-0.1, -0.05) is 0 Å². The molecule has 1 aromatic heterocycles. The Balaban J connectivity index is 2.22. The molecule has 1 aromatic rings. The summed E-state index contributed by atoms with van der Waals surface area (Å²) in [4.78, 5) is 50.2. The van der Waals surface area contributed by atoms with Gasteiger partial charge in [0.1, 0.15) is 11.2 Å². The van der Waals surface area contributed by atoms with E-state index in [1.807, 2.05) is 4.98 Å². The first kappa shape index (κ1) is 16.9. The van der Waals surface area contributed by atoms with Crippen LogP contribution in [-0.2, 0) is 11.3 Å². The minimum Gasteiger partial charge on any atom is -0.395 e. The lowest BCUT2D eigenvalue weighted by molar-refractivity contribution is -0.140. The van der Waals surface area contributed by atoms with Crippen molar-refractivity contribution < 1.29 is 19.8 Å². The summed E-state index contributed by atoms with van der Waals surface area (Å²) in [5.74, 6) is -1.47. The number of piperidine rings is 1. The fourth-order valence-corrected chi connectivity index (χ4v) is 2.43. The summed E-state index contributed by atoms with van der Waals surface area (Å²) in [7, 11) is 0. The smallest absolute Gasteiger partial charge is 0.328 e. The molecule has 0 radical (unpaired) electrons. The van der Waals surface area contributed by atoms with E-state index in [0.717, 1.165) is 10.8 Å². The second-order valence-electron chi connectivity index (χ2n) is 5.41. The normalized spacial score (nSPS) is 17.0. The minimum atomic E-state index is -1.65. The first-order valence-electron chi connectivity index (χ1n) is 7.04. The molecule has 1 saturated heterocycles. The maximum Gasteiger partial charge on any atom is 0.328 e. The van der Waals surface area contributed by atoms with Gasteiger partial charge in [-0.25, -0.2) is 4.79 Å². The average molecular weight is 326 g/mol. The molecule has 0 bridgehead atoms. The Hall–Kier alpha value is -2.46. The standard InChI is InChI=1S/C13H18N4O6/c14-11(21)13(23)1-3-16(4-2-13)10(20)8-7-17(5-6-18)12(22)15-9(8)19/h7,18,23H,1-6H2,(H2,14,21)(H,15,19,22). The number of aliphatic hydroxyl groups is 2. The van der Waals surface area contributed by atoms with Gasteiger partial charge in [0.2, 0.25) is 5.91 Å². The van der Waals surface area contributed by atoms with E-state index < -0.39 is 28.7 Å². The summed E-state index contributed by atoms with van der Waals surface area (Å²) in [6.45, 7) is -0.278. The lowest BCUT2D eigenvalue weighted by Crippen LogP contribution is -2.54. The predicted octanol–water partition coefficient (Wildman–Crippen LogP) is -3.02. The topological polar surface area (TPSA) is 159 Å². The van der Waals surface area contributed by atoms with E-state index in [0.29, 0.717) is 0 Å². The number of aliphatic hydroxyl groups excluding tert-OH is 1. The third-order valence-electron chi connectivity index (χ3n) is 3.92. The quantitative estimate of drug-likeness (QED) is 0.461. The van der Waals surface area contributed by atoms with Gasteiger partial charge in [0.15, 0.2) is 0 Å². The Kier molecular flexibility index (Phi) is 4.66. The highest BCUT2D eigenvalue weighted by molar-refractivity contribution is 5.94. The highest BCUT2D eigenvalue weighted by atomic mass is 16.3. The maximum atomic E-state index is 12.4. The number of hydrogen-bond donors (Lipinski definition) is 4. The SMILES string of the molecule is NC(=O)C1(O)CCN(C(=O)c2cn(CCO)c(=O)[nH]c2=O)CC1. The zero-order valence-electron chi connectivity index (χ0n) is 12.3. The number of likely N-dealkylation sites (tertiary alicyclic amines) is 1. The Labute approximate surface area is 130 Å². The summed E-state index contributed by atoms with van der Waals surface area (Å²) >= 11 is 0. The van der Waals surface area contributed by atoms with Gasteiger partial charge in [-0.05, 0) is 0 Å². The molecule has 0 saturated carbocycles. The lowest BCUT2D eigenvalue weighted by atomic mass is 9.90. The summed E-state index contributed by atoms with van der Waals surface area (Å²) in [5, 5.41) is 18.9. The van der Waals surface area contributed by atoms with Crippen molar-refractivity contribution in [3.63, 3.8) is 0 Å². The highest BCUT2D eigenvalue weighted by Crippen LogP contribution is 2.22. The second-order valence-corrected chi connectivity index (χ2v) is 5.41. The Morgan fingerprint density at radius 1 is 1.30 bits per heavy atom. The van der Waals surface area contributed by atoms with E-state index in [1.165, 1.54) is 4.90 Å². The molecular formula is C13H18N4O6. The monoisotopic (exact) mass is 326 g/mol. The van der Waals surface area contributed by atoms with Crippen molar-refractivity contribution >= 4 is 11.8 Å². The van der Waals surface area contributed by atoms with Crippen LogP contribution in [0.2, 0.25) is 0 Å². The fourth-order valence-electron chi connectivity index (χ4n) is 2.43. The molecule has 2 heterocycles. The van der Waals surface area contributed by atoms with Crippen LogP contribution in [0.5, 0.6) is 0 Å². The number of carbonyl (C=O) groups is 2. The Morgan fingerprint density at radius 2 is 1.91 bits per heavy atom. The number of rotatable bonds is 4. The molecule has 5 N–H and O–H groups in total. The van der Waals surface area contributed by atoms with Crippen LogP contribution in [0, 0.1) is 0 Å². The van der Waals surface area contributed by atoms with Crippen LogP contribution in [0.1, 0.15) is 23.2 Å². The molecule has 23 heavy (non-hydrogen) atoms. The molecule has 2 amide bonds. The lowest BCUT2D eigenvalue weighted by Gasteiger charge is -2.35. The molecule has 0 aliphatic carbocycles. The van der Waals surface area contributed by atoms with Gasteiger partial charge in [-0.15, -0.1) is 0 Å². The Bertz CT molecular complexity index is 729. The first-order chi connectivity index (χ1) is 10.8. The summed E-state index contributed by atoms with van der Waals surface area (Å²) < 4.78 is 1.03. The van der Waals surface area contributed by atoms with Gasteiger partial charge in [-0.3, -0.25) is 23.9 Å². The molecule has 0 aromatic carbocycles. The molecule has 1 aliphatic heterocycles. The van der Waals surface area contributed by atoms with Crippen LogP contribution in [0.4, 0.5) is 0 Å². The largest absolute Gasteiger partial charge is 0.395 e. The van der Waals surface area contributed by atoms with E-state index in [9.17, 15) is 24.3 Å². The van der Waals surface area contributed by atoms with Crippen molar-refractivity contribution in [1.82, 2.24) is 14.5 Å². The van der Waals surface area contributed by atoms with Crippen molar-refractivity contribution in [3.05, 3.63) is 32.6 Å². The molecule has 1 aliphatic rings. The van der Waals surface area contributed by atoms with Crippen molar-refractivity contribution in [2.45, 2.75) is 25.0 Å². The van der Waals surface area contributed by atoms with Crippen molar-refractivity contribution in [2.75, 3.05) is 19.7 Å². The number of amides is 2. The van der Waals surface area contributed by atoms with Crippen LogP contribution in [0.3, 0.4) is 0 Å². The number of H-pyrrole nitrogens is 1. The number of nitrogens with zero attached hydrogens (tertiary/aromatic N) is 2. The molecule has 10 heteroatoms. The first-order valence-corrected chi connectivity index (χ1v) is 7.04. The zero-order valence-corrected chi connectivity index (χ0v) is 12.3. The van der Waals surface area contributed by atoms with Gasteiger partial charge in [0.25, 0.3) is 11.5 Å². The van der Waals surface area contributed by atoms with Crippen LogP contribution < -0.4 is 17.0 Å². The van der Waals surface area contributed by atoms with E-state index in [1.54, 1.807) is 0 Å². The fraction of sp³-hybridized carbons (Fsp3) is 0.538. The molecule has 1 fully saturated rings. The number of carbonyl (C=O) groups excluding carboxylic acids is 2. The molecular weight excluding hydrogens is 308 g/mol. The number of primary amides is 1. The van der Waals surface area contributed by atoms with Crippen LogP contribution in [-0.4, -0.2) is 61.8 Å². The number of hydrogen-bond acceptors (Lipinski definition) is 6. The van der Waals surface area contributed by atoms with Crippen LogP contribution in [0.25, 0.3) is 0 Å². The maximum absolute atomic E-state index is 12.4. The van der Waals surface area contributed by atoms with Gasteiger partial charge >= 0.3 is 5.69 Å². The third kappa shape index (κ3) is 3.32. The van der Waals surface area contributed by atoms with E-state index in [-0.39, 0.29) is 44.6 Å². The molecule has 10 nitrogen and oxygen atoms in total. The van der Waals surface area contributed by atoms with E-state index in [2.05, 4.69) is 0 Å². The highest BCUT2D eigenvalue weighted by Gasteiger charge is 2.39. The Morgan fingerprint density at radius 3 is 2.43 bits per heavy atom. The predicted molar refractivity (Wildman–Crippen MR) is 77.7 cm³/mol. The van der Waals surface area contributed by atoms with Gasteiger partial charge in [0.05, 0.1) is 13.2 Å². The van der Waals surface area contributed by atoms with Crippen molar-refractivity contribution in [3.8, 4) is 0 Å². The number of aromatic nitrogens is 2. The zero-order chi connectivity index (χ0) is 17.2. The number of aromatic amines is 1. The summed E-state index contributed by atoms with van der Waals surface area (Å²) in [6, 6.07) is 0. The third-order valence-corrected chi connectivity index (χ3v) is 3.92.